The molecule has 0 radical (unpaired) electrons. The number of hydrogen-bond donors (Lipinski definition) is 1. The number of hydrogen-bond acceptors (Lipinski definition) is 6. The Labute approximate surface area is 191 Å². The van der Waals surface area contributed by atoms with E-state index in [0.717, 1.165) is 34.6 Å². The molecule has 8 nitrogen and oxygen atoms in total. The number of amides is 1. The first kappa shape index (κ1) is 20.8. The van der Waals surface area contributed by atoms with Crippen LogP contribution >= 0.6 is 0 Å². The number of carbonyl (C=O) groups excluding carboxylic acids is 1. The van der Waals surface area contributed by atoms with Gasteiger partial charge in [0.2, 0.25) is 5.91 Å². The lowest BCUT2D eigenvalue weighted by Gasteiger charge is -2.24. The summed E-state index contributed by atoms with van der Waals surface area (Å²) in [5.74, 6) is 1.52. The second kappa shape index (κ2) is 8.46. The molecule has 1 aliphatic rings. The van der Waals surface area contributed by atoms with E-state index in [2.05, 4.69) is 56.8 Å². The molecule has 2 aromatic carbocycles. The maximum Gasteiger partial charge on any atom is 0.272 e. The number of aryl methyl sites for hydroxylation is 2. The van der Waals surface area contributed by atoms with Crippen LogP contribution in [0.1, 0.15) is 41.6 Å². The van der Waals surface area contributed by atoms with E-state index in [1.54, 1.807) is 18.0 Å². The minimum atomic E-state index is -0.0777. The molecule has 2 aromatic heterocycles. The molecule has 3 heterocycles. The quantitative estimate of drug-likeness (QED) is 0.503. The third-order valence-electron chi connectivity index (χ3n) is 6.02. The third-order valence-corrected chi connectivity index (χ3v) is 6.02. The van der Waals surface area contributed by atoms with Crippen LogP contribution in [0.15, 0.2) is 54.7 Å². The highest BCUT2D eigenvalue weighted by Crippen LogP contribution is 2.40. The average molecular weight is 441 g/mol. The molecule has 0 saturated heterocycles. The molecular formula is C25H24N6O2. The molecule has 33 heavy (non-hydrogen) atoms. The van der Waals surface area contributed by atoms with Gasteiger partial charge >= 0.3 is 0 Å². The SMILES string of the molecule is CCc1ccc([C@H]2CC(=O)Nc3c2c(C)nn3-c2nncc(-c3ccc(OC)cc3)n2)cc1. The summed E-state index contributed by atoms with van der Waals surface area (Å²) in [6, 6.07) is 16.0. The van der Waals surface area contributed by atoms with Gasteiger partial charge in [-0.1, -0.05) is 31.2 Å². The van der Waals surface area contributed by atoms with Crippen molar-refractivity contribution in [3.8, 4) is 23.0 Å². The van der Waals surface area contributed by atoms with Crippen molar-refractivity contribution in [1.82, 2.24) is 25.0 Å². The second-order valence-corrected chi connectivity index (χ2v) is 8.03. The standard InChI is InChI=1S/C25H24N6O2/c1-4-16-5-7-17(8-6-16)20-13-22(32)28-24-23(20)15(2)30-31(24)25-27-21(14-26-29-25)18-9-11-19(33-3)12-10-18/h5-12,14,20H,4,13H2,1-3H3,(H,28,32)/t20-/m1/s1. The van der Waals surface area contributed by atoms with Gasteiger partial charge < -0.3 is 10.1 Å². The van der Waals surface area contributed by atoms with Crippen LogP contribution < -0.4 is 10.1 Å². The number of nitrogens with one attached hydrogen (secondary N) is 1. The summed E-state index contributed by atoms with van der Waals surface area (Å²) in [5.41, 5.74) is 5.70. The van der Waals surface area contributed by atoms with Crippen LogP contribution in [-0.4, -0.2) is 38.0 Å². The summed E-state index contributed by atoms with van der Waals surface area (Å²) in [7, 11) is 1.63. The molecule has 1 aliphatic heterocycles. The number of rotatable bonds is 5. The van der Waals surface area contributed by atoms with Crippen LogP contribution in [0.2, 0.25) is 0 Å². The lowest BCUT2D eigenvalue weighted by atomic mass is 9.85. The molecule has 0 fully saturated rings. The molecule has 166 valence electrons. The summed E-state index contributed by atoms with van der Waals surface area (Å²) in [5, 5.41) is 16.0. The third kappa shape index (κ3) is 3.84. The van der Waals surface area contributed by atoms with Crippen molar-refractivity contribution in [3.05, 3.63) is 77.1 Å². The topological polar surface area (TPSA) is 94.8 Å². The van der Waals surface area contributed by atoms with Crippen LogP contribution in [0.4, 0.5) is 5.82 Å². The first-order valence-electron chi connectivity index (χ1n) is 10.9. The van der Waals surface area contributed by atoms with Crippen molar-refractivity contribution < 1.29 is 9.53 Å². The van der Waals surface area contributed by atoms with Gasteiger partial charge in [-0.2, -0.15) is 14.9 Å². The van der Waals surface area contributed by atoms with Crippen molar-refractivity contribution in [1.29, 1.82) is 0 Å². The van der Waals surface area contributed by atoms with Gasteiger partial charge in [0.15, 0.2) is 0 Å². The smallest absolute Gasteiger partial charge is 0.272 e. The van der Waals surface area contributed by atoms with Gasteiger partial charge in [-0.25, -0.2) is 4.98 Å². The zero-order valence-electron chi connectivity index (χ0n) is 18.7. The molecule has 8 heteroatoms. The number of aromatic nitrogens is 5. The van der Waals surface area contributed by atoms with Gasteiger partial charge in [0.1, 0.15) is 11.6 Å². The minimum absolute atomic E-state index is 0.0625. The van der Waals surface area contributed by atoms with E-state index in [9.17, 15) is 4.79 Å². The lowest BCUT2D eigenvalue weighted by Crippen LogP contribution is -2.25. The Morgan fingerprint density at radius 1 is 1.12 bits per heavy atom. The van der Waals surface area contributed by atoms with Crippen molar-refractivity contribution in [2.75, 3.05) is 12.4 Å². The molecule has 0 aliphatic carbocycles. The first-order chi connectivity index (χ1) is 16.1. The number of anilines is 1. The van der Waals surface area contributed by atoms with Gasteiger partial charge in [-0.15, -0.1) is 5.10 Å². The van der Waals surface area contributed by atoms with E-state index in [1.165, 1.54) is 5.56 Å². The fourth-order valence-electron chi connectivity index (χ4n) is 4.25. The summed E-state index contributed by atoms with van der Waals surface area (Å²) in [6.07, 6.45) is 2.95. The van der Waals surface area contributed by atoms with E-state index < -0.39 is 0 Å². The number of carbonyl (C=O) groups is 1. The molecule has 5 rings (SSSR count). The van der Waals surface area contributed by atoms with Gasteiger partial charge in [0, 0.05) is 23.5 Å². The van der Waals surface area contributed by atoms with E-state index in [1.807, 2.05) is 31.2 Å². The van der Waals surface area contributed by atoms with Crippen LogP contribution in [0.3, 0.4) is 0 Å². The molecular weight excluding hydrogens is 416 g/mol. The summed E-state index contributed by atoms with van der Waals surface area (Å²) in [6.45, 7) is 4.07. The summed E-state index contributed by atoms with van der Waals surface area (Å²) in [4.78, 5) is 17.3. The maximum absolute atomic E-state index is 12.7. The maximum atomic E-state index is 12.7. The Bertz CT molecular complexity index is 1310. The van der Waals surface area contributed by atoms with Crippen LogP contribution in [0.25, 0.3) is 17.2 Å². The molecule has 1 N–H and O–H groups in total. The predicted octanol–water partition coefficient (Wildman–Crippen LogP) is 4.08. The predicted molar refractivity (Wildman–Crippen MR) is 125 cm³/mol. The minimum Gasteiger partial charge on any atom is -0.497 e. The van der Waals surface area contributed by atoms with Crippen molar-refractivity contribution in [2.24, 2.45) is 0 Å². The van der Waals surface area contributed by atoms with Gasteiger partial charge in [0.25, 0.3) is 5.95 Å². The Morgan fingerprint density at radius 3 is 2.58 bits per heavy atom. The number of nitrogens with zero attached hydrogens (tertiary/aromatic N) is 5. The zero-order chi connectivity index (χ0) is 22.9. The van der Waals surface area contributed by atoms with E-state index in [0.29, 0.717) is 23.9 Å². The van der Waals surface area contributed by atoms with E-state index in [-0.39, 0.29) is 11.8 Å². The van der Waals surface area contributed by atoms with Crippen LogP contribution in [0.5, 0.6) is 5.75 Å². The first-order valence-corrected chi connectivity index (χ1v) is 10.9. The van der Waals surface area contributed by atoms with Crippen LogP contribution in [-0.2, 0) is 11.2 Å². The second-order valence-electron chi connectivity index (χ2n) is 8.03. The fraction of sp³-hybridized carbons (Fsp3) is 0.240. The average Bonchev–Trinajstić information content (AvgIpc) is 3.19. The fourth-order valence-corrected chi connectivity index (χ4v) is 4.25. The Hall–Kier alpha value is -4.07. The summed E-state index contributed by atoms with van der Waals surface area (Å²) >= 11 is 0. The van der Waals surface area contributed by atoms with Crippen molar-refractivity contribution >= 4 is 11.7 Å². The van der Waals surface area contributed by atoms with Crippen molar-refractivity contribution in [2.45, 2.75) is 32.6 Å². The van der Waals surface area contributed by atoms with Gasteiger partial charge in [0.05, 0.1) is 24.7 Å². The Morgan fingerprint density at radius 2 is 1.88 bits per heavy atom. The molecule has 1 amide bonds. The zero-order valence-corrected chi connectivity index (χ0v) is 18.7. The highest BCUT2D eigenvalue weighted by molar-refractivity contribution is 5.95. The highest BCUT2D eigenvalue weighted by atomic mass is 16.5. The number of benzene rings is 2. The molecule has 0 bridgehead atoms. The molecule has 0 spiro atoms. The Kier molecular flexibility index (Phi) is 5.34. The lowest BCUT2D eigenvalue weighted by molar-refractivity contribution is -0.116. The number of fused-ring (bicyclic) bond motifs is 1. The molecule has 4 aromatic rings. The van der Waals surface area contributed by atoms with Gasteiger partial charge in [-0.3, -0.25) is 4.79 Å². The van der Waals surface area contributed by atoms with Crippen LogP contribution in [0, 0.1) is 6.92 Å². The van der Waals surface area contributed by atoms with Crippen molar-refractivity contribution in [3.63, 3.8) is 0 Å². The molecule has 0 saturated carbocycles. The summed E-state index contributed by atoms with van der Waals surface area (Å²) < 4.78 is 6.81. The van der Waals surface area contributed by atoms with E-state index in [4.69, 9.17) is 4.74 Å². The highest BCUT2D eigenvalue weighted by Gasteiger charge is 2.33. The molecule has 0 unspecified atom stereocenters. The monoisotopic (exact) mass is 440 g/mol. The van der Waals surface area contributed by atoms with E-state index >= 15 is 0 Å². The normalized spacial score (nSPS) is 15.1. The Balaban J connectivity index is 1.56. The largest absolute Gasteiger partial charge is 0.497 e. The van der Waals surface area contributed by atoms with Gasteiger partial charge in [-0.05, 0) is 48.7 Å². The number of ether oxygens (including phenoxy) is 1. The molecule has 1 atom stereocenters. The number of methoxy groups -OCH3 is 1.